The highest BCUT2D eigenvalue weighted by Gasteiger charge is 2.39. The van der Waals surface area contributed by atoms with Crippen molar-refractivity contribution in [2.45, 2.75) is 38.0 Å². The molecule has 23 heavy (non-hydrogen) atoms. The van der Waals surface area contributed by atoms with Gasteiger partial charge in [-0.15, -0.1) is 0 Å². The van der Waals surface area contributed by atoms with Crippen LogP contribution in [0.3, 0.4) is 0 Å². The Kier molecular flexibility index (Phi) is 5.83. The summed E-state index contributed by atoms with van der Waals surface area (Å²) in [5, 5.41) is -0.741. The molecule has 0 saturated carbocycles. The van der Waals surface area contributed by atoms with Crippen LogP contribution >= 0.6 is 0 Å². The predicted octanol–water partition coefficient (Wildman–Crippen LogP) is 1.07. The van der Waals surface area contributed by atoms with Crippen LogP contribution < -0.4 is 4.72 Å². The van der Waals surface area contributed by atoms with Crippen LogP contribution in [0.15, 0.2) is 16.5 Å². The molecule has 1 N–H and O–H groups in total. The monoisotopic (exact) mass is 344 g/mol. The Balaban J connectivity index is 2.13. The summed E-state index contributed by atoms with van der Waals surface area (Å²) in [7, 11) is -2.15. The number of methoxy groups -OCH3 is 1. The van der Waals surface area contributed by atoms with Gasteiger partial charge in [0.15, 0.2) is 0 Å². The number of carbonyl (C=O) groups is 1. The topological polar surface area (TPSA) is 88.8 Å². The number of likely N-dealkylation sites (tertiary alicyclic amines) is 1. The number of rotatable bonds is 8. The van der Waals surface area contributed by atoms with Gasteiger partial charge in [-0.3, -0.25) is 4.79 Å². The Hall–Kier alpha value is -1.38. The minimum absolute atomic E-state index is 0.0151. The largest absolute Gasteiger partial charge is 0.464 e. The second kappa shape index (κ2) is 7.46. The van der Waals surface area contributed by atoms with Gasteiger partial charge in [0.2, 0.25) is 15.9 Å². The van der Waals surface area contributed by atoms with Gasteiger partial charge in [-0.25, -0.2) is 13.1 Å². The minimum Gasteiger partial charge on any atom is -0.464 e. The lowest BCUT2D eigenvalue weighted by atomic mass is 10.2. The van der Waals surface area contributed by atoms with E-state index < -0.39 is 21.3 Å². The van der Waals surface area contributed by atoms with E-state index in [1.165, 1.54) is 7.11 Å². The number of nitrogens with zero attached hydrogens (tertiary/aromatic N) is 1. The van der Waals surface area contributed by atoms with Crippen molar-refractivity contribution in [2.75, 3.05) is 26.8 Å². The third-order valence-electron chi connectivity index (χ3n) is 4.01. The third-order valence-corrected chi connectivity index (χ3v) is 5.82. The van der Waals surface area contributed by atoms with Crippen LogP contribution in [0, 0.1) is 0 Å². The summed E-state index contributed by atoms with van der Waals surface area (Å²) in [6.45, 7) is 4.70. The van der Waals surface area contributed by atoms with E-state index in [0.29, 0.717) is 12.3 Å². The van der Waals surface area contributed by atoms with E-state index >= 15 is 0 Å². The summed E-state index contributed by atoms with van der Waals surface area (Å²) < 4.78 is 38.5. The van der Waals surface area contributed by atoms with Gasteiger partial charge in [0.05, 0.1) is 6.61 Å². The minimum atomic E-state index is -3.66. The molecule has 0 aromatic carbocycles. The summed E-state index contributed by atoms with van der Waals surface area (Å²) in [6, 6.07) is 2.98. The molecule has 130 valence electrons. The summed E-state index contributed by atoms with van der Waals surface area (Å²) in [4.78, 5) is 13.3. The van der Waals surface area contributed by atoms with Crippen molar-refractivity contribution in [3.05, 3.63) is 23.7 Å². The van der Waals surface area contributed by atoms with Gasteiger partial charge in [0.25, 0.3) is 0 Å². The van der Waals surface area contributed by atoms with Gasteiger partial charge in [0.1, 0.15) is 22.8 Å². The standard InChI is InChI=1S/C15H24N2O5S/c1-4-11-6-7-14(22-11)13(10-21-3)16-23(19,20)12-8-15(18)17(5-2)9-12/h6-7,12-13,16H,4-5,8-10H2,1-3H3/t12-,13-/m0/s1. The molecule has 2 heterocycles. The molecule has 1 aromatic heterocycles. The molecule has 1 saturated heterocycles. The number of aryl methyl sites for hydroxylation is 1. The van der Waals surface area contributed by atoms with E-state index in [2.05, 4.69) is 4.72 Å². The Bertz CT molecular complexity index is 640. The summed E-state index contributed by atoms with van der Waals surface area (Å²) in [6.07, 6.45) is 0.746. The van der Waals surface area contributed by atoms with Crippen LogP contribution in [-0.4, -0.2) is 51.3 Å². The summed E-state index contributed by atoms with van der Waals surface area (Å²) in [5.74, 6) is 1.18. The molecule has 1 fully saturated rings. The van der Waals surface area contributed by atoms with Gasteiger partial charge in [-0.2, -0.15) is 0 Å². The normalized spacial score (nSPS) is 20.2. The molecular weight excluding hydrogens is 320 g/mol. The van der Waals surface area contributed by atoms with E-state index in [9.17, 15) is 13.2 Å². The molecule has 0 bridgehead atoms. The smallest absolute Gasteiger partial charge is 0.224 e. The lowest BCUT2D eigenvalue weighted by Crippen LogP contribution is -2.39. The van der Waals surface area contributed by atoms with Crippen LogP contribution in [0.4, 0.5) is 0 Å². The van der Waals surface area contributed by atoms with Gasteiger partial charge in [-0.05, 0) is 19.1 Å². The molecule has 0 aliphatic carbocycles. The number of amides is 1. The highest BCUT2D eigenvalue weighted by molar-refractivity contribution is 7.90. The van der Waals surface area contributed by atoms with Crippen LogP contribution in [0.25, 0.3) is 0 Å². The molecule has 0 spiro atoms. The van der Waals surface area contributed by atoms with Crippen molar-refractivity contribution < 1.29 is 22.4 Å². The maximum absolute atomic E-state index is 12.6. The fourth-order valence-electron chi connectivity index (χ4n) is 2.66. The van der Waals surface area contributed by atoms with Gasteiger partial charge in [0, 0.05) is 33.0 Å². The first kappa shape index (κ1) is 18.0. The van der Waals surface area contributed by atoms with E-state index in [4.69, 9.17) is 9.15 Å². The SMILES string of the molecule is CCc1ccc([C@H](COC)NS(=O)(=O)[C@H]2CC(=O)N(CC)C2)o1. The van der Waals surface area contributed by atoms with Crippen molar-refractivity contribution in [1.82, 2.24) is 9.62 Å². The number of sulfonamides is 1. The zero-order chi connectivity index (χ0) is 17.0. The molecule has 0 unspecified atom stereocenters. The number of furan rings is 1. The molecule has 2 rings (SSSR count). The zero-order valence-electron chi connectivity index (χ0n) is 13.7. The van der Waals surface area contributed by atoms with Crippen LogP contribution in [-0.2, 0) is 26.0 Å². The van der Waals surface area contributed by atoms with Gasteiger partial charge < -0.3 is 14.1 Å². The number of nitrogens with one attached hydrogen (secondary N) is 1. The average molecular weight is 344 g/mol. The maximum atomic E-state index is 12.6. The first-order valence-electron chi connectivity index (χ1n) is 7.77. The van der Waals surface area contributed by atoms with Gasteiger partial charge in [-0.1, -0.05) is 6.92 Å². The molecule has 1 aromatic rings. The molecule has 1 aliphatic rings. The molecule has 1 amide bonds. The molecule has 2 atom stereocenters. The third kappa shape index (κ3) is 4.13. The average Bonchev–Trinajstić information content (AvgIpc) is 3.13. The summed E-state index contributed by atoms with van der Waals surface area (Å²) >= 11 is 0. The fourth-order valence-corrected chi connectivity index (χ4v) is 4.17. The van der Waals surface area contributed by atoms with Crippen molar-refractivity contribution in [3.63, 3.8) is 0 Å². The lowest BCUT2D eigenvalue weighted by Gasteiger charge is -2.19. The highest BCUT2D eigenvalue weighted by Crippen LogP contribution is 2.22. The van der Waals surface area contributed by atoms with Crippen LogP contribution in [0.1, 0.15) is 37.8 Å². The zero-order valence-corrected chi connectivity index (χ0v) is 14.6. The fraction of sp³-hybridized carbons (Fsp3) is 0.667. The first-order valence-corrected chi connectivity index (χ1v) is 9.32. The number of hydrogen-bond acceptors (Lipinski definition) is 5. The number of ether oxygens (including phenoxy) is 1. The Labute approximate surface area is 137 Å². The van der Waals surface area contributed by atoms with Crippen molar-refractivity contribution in [3.8, 4) is 0 Å². The van der Waals surface area contributed by atoms with E-state index in [-0.39, 0.29) is 25.5 Å². The van der Waals surface area contributed by atoms with E-state index in [0.717, 1.165) is 12.2 Å². The van der Waals surface area contributed by atoms with Crippen LogP contribution in [0.2, 0.25) is 0 Å². The lowest BCUT2D eigenvalue weighted by molar-refractivity contribution is -0.127. The number of carbonyl (C=O) groups excluding carboxylic acids is 1. The Morgan fingerprint density at radius 3 is 2.70 bits per heavy atom. The van der Waals surface area contributed by atoms with Crippen molar-refractivity contribution >= 4 is 15.9 Å². The highest BCUT2D eigenvalue weighted by atomic mass is 32.2. The Morgan fingerprint density at radius 1 is 1.43 bits per heavy atom. The quantitative estimate of drug-likeness (QED) is 0.762. The molecular formula is C15H24N2O5S. The second-order valence-electron chi connectivity index (χ2n) is 5.59. The number of hydrogen-bond donors (Lipinski definition) is 1. The molecule has 1 aliphatic heterocycles. The molecule has 8 heteroatoms. The summed E-state index contributed by atoms with van der Waals surface area (Å²) in [5.41, 5.74) is 0. The first-order chi connectivity index (χ1) is 10.9. The van der Waals surface area contributed by atoms with Gasteiger partial charge >= 0.3 is 0 Å². The van der Waals surface area contributed by atoms with E-state index in [1.807, 2.05) is 19.9 Å². The predicted molar refractivity (Wildman–Crippen MR) is 85.4 cm³/mol. The maximum Gasteiger partial charge on any atom is 0.224 e. The van der Waals surface area contributed by atoms with Crippen molar-refractivity contribution in [2.24, 2.45) is 0 Å². The molecule has 7 nitrogen and oxygen atoms in total. The molecule has 0 radical (unpaired) electrons. The second-order valence-corrected chi connectivity index (χ2v) is 7.58. The van der Waals surface area contributed by atoms with Crippen molar-refractivity contribution in [1.29, 1.82) is 0 Å². The van der Waals surface area contributed by atoms with Crippen LogP contribution in [0.5, 0.6) is 0 Å². The Morgan fingerprint density at radius 2 is 2.17 bits per heavy atom. The van der Waals surface area contributed by atoms with E-state index in [1.54, 1.807) is 11.0 Å².